The summed E-state index contributed by atoms with van der Waals surface area (Å²) in [5.41, 5.74) is 5.44. The van der Waals surface area contributed by atoms with Crippen LogP contribution in [0.4, 0.5) is 5.13 Å². The molecule has 2 N–H and O–H groups in total. The second kappa shape index (κ2) is 6.05. The number of anilines is 1. The number of nitrogen functional groups attached to an aromatic ring is 1. The second-order valence-corrected chi connectivity index (χ2v) is 5.49. The third-order valence-electron chi connectivity index (χ3n) is 2.34. The van der Waals surface area contributed by atoms with E-state index in [1.165, 1.54) is 0 Å². The molecule has 0 aliphatic rings. The SMILES string of the molecule is CSCCC(C)N(C)C(=O)c1nnc(N)s1. The first-order chi connectivity index (χ1) is 7.56. The van der Waals surface area contributed by atoms with Gasteiger partial charge in [-0.3, -0.25) is 4.79 Å². The molecule has 0 saturated carbocycles. The average molecular weight is 260 g/mol. The number of carbonyl (C=O) groups is 1. The molecular formula is C9H16N4OS2. The lowest BCUT2D eigenvalue weighted by Crippen LogP contribution is -2.35. The van der Waals surface area contributed by atoms with Gasteiger partial charge in [0.1, 0.15) is 0 Å². The molecule has 1 heterocycles. The smallest absolute Gasteiger partial charge is 0.284 e. The lowest BCUT2D eigenvalue weighted by Gasteiger charge is -2.23. The lowest BCUT2D eigenvalue weighted by atomic mass is 10.2. The van der Waals surface area contributed by atoms with Gasteiger partial charge in [-0.25, -0.2) is 0 Å². The Morgan fingerprint density at radius 3 is 2.81 bits per heavy atom. The number of hydrogen-bond donors (Lipinski definition) is 1. The Morgan fingerprint density at radius 2 is 2.31 bits per heavy atom. The number of nitrogens with two attached hydrogens (primary N) is 1. The molecule has 90 valence electrons. The van der Waals surface area contributed by atoms with Crippen molar-refractivity contribution >= 4 is 34.1 Å². The van der Waals surface area contributed by atoms with Crippen molar-refractivity contribution in [1.29, 1.82) is 0 Å². The van der Waals surface area contributed by atoms with Gasteiger partial charge in [-0.05, 0) is 25.4 Å². The van der Waals surface area contributed by atoms with E-state index in [0.717, 1.165) is 23.5 Å². The highest BCUT2D eigenvalue weighted by molar-refractivity contribution is 7.98. The number of aromatic nitrogens is 2. The number of thioether (sulfide) groups is 1. The molecule has 1 aromatic rings. The Bertz CT molecular complexity index is 355. The summed E-state index contributed by atoms with van der Waals surface area (Å²) in [4.78, 5) is 13.6. The van der Waals surface area contributed by atoms with Crippen LogP contribution in [-0.4, -0.2) is 46.1 Å². The first kappa shape index (κ1) is 13.2. The van der Waals surface area contributed by atoms with Crippen LogP contribution in [0.5, 0.6) is 0 Å². The zero-order chi connectivity index (χ0) is 12.1. The highest BCUT2D eigenvalue weighted by Gasteiger charge is 2.20. The highest BCUT2D eigenvalue weighted by atomic mass is 32.2. The van der Waals surface area contributed by atoms with Crippen molar-refractivity contribution in [3.05, 3.63) is 5.01 Å². The van der Waals surface area contributed by atoms with Gasteiger partial charge in [-0.2, -0.15) is 11.8 Å². The van der Waals surface area contributed by atoms with Crippen LogP contribution in [0.25, 0.3) is 0 Å². The van der Waals surface area contributed by atoms with Gasteiger partial charge in [0.2, 0.25) is 10.1 Å². The van der Waals surface area contributed by atoms with Gasteiger partial charge in [0.25, 0.3) is 5.91 Å². The van der Waals surface area contributed by atoms with Crippen molar-refractivity contribution in [1.82, 2.24) is 15.1 Å². The summed E-state index contributed by atoms with van der Waals surface area (Å²) in [7, 11) is 1.78. The minimum Gasteiger partial charge on any atom is -0.374 e. The van der Waals surface area contributed by atoms with Crippen LogP contribution in [0.1, 0.15) is 23.1 Å². The normalized spacial score (nSPS) is 12.4. The number of rotatable bonds is 5. The highest BCUT2D eigenvalue weighted by Crippen LogP contribution is 2.15. The Hall–Kier alpha value is -0.820. The molecule has 0 saturated heterocycles. The number of hydrogen-bond acceptors (Lipinski definition) is 6. The van der Waals surface area contributed by atoms with Crippen LogP contribution in [-0.2, 0) is 0 Å². The fourth-order valence-corrected chi connectivity index (χ4v) is 2.32. The number of nitrogens with zero attached hydrogens (tertiary/aromatic N) is 3. The zero-order valence-corrected chi connectivity index (χ0v) is 11.3. The van der Waals surface area contributed by atoms with Crippen molar-refractivity contribution in [3.63, 3.8) is 0 Å². The Morgan fingerprint density at radius 1 is 1.62 bits per heavy atom. The first-order valence-electron chi connectivity index (χ1n) is 4.91. The molecule has 1 aromatic heterocycles. The Balaban J connectivity index is 2.59. The number of amides is 1. The van der Waals surface area contributed by atoms with Crippen molar-refractivity contribution in [2.75, 3.05) is 24.8 Å². The van der Waals surface area contributed by atoms with Gasteiger partial charge >= 0.3 is 0 Å². The summed E-state index contributed by atoms with van der Waals surface area (Å²) in [6.45, 7) is 2.03. The summed E-state index contributed by atoms with van der Waals surface area (Å²) in [6.07, 6.45) is 3.03. The van der Waals surface area contributed by atoms with Gasteiger partial charge < -0.3 is 10.6 Å². The zero-order valence-electron chi connectivity index (χ0n) is 9.64. The van der Waals surface area contributed by atoms with Crippen LogP contribution in [0.15, 0.2) is 0 Å². The molecule has 0 fully saturated rings. The van der Waals surface area contributed by atoms with Crippen molar-refractivity contribution in [2.45, 2.75) is 19.4 Å². The molecule has 16 heavy (non-hydrogen) atoms. The summed E-state index contributed by atoms with van der Waals surface area (Å²) >= 11 is 2.90. The third-order valence-corrected chi connectivity index (χ3v) is 3.73. The van der Waals surface area contributed by atoms with Crippen molar-refractivity contribution < 1.29 is 4.79 Å². The second-order valence-electron chi connectivity index (χ2n) is 3.49. The fraction of sp³-hybridized carbons (Fsp3) is 0.667. The molecule has 7 heteroatoms. The van der Waals surface area contributed by atoms with Crippen molar-refractivity contribution in [2.24, 2.45) is 0 Å². The van der Waals surface area contributed by atoms with E-state index in [2.05, 4.69) is 16.5 Å². The molecule has 1 rings (SSSR count). The molecule has 0 aliphatic carbocycles. The summed E-state index contributed by atoms with van der Waals surface area (Å²) in [6, 6.07) is 0.199. The van der Waals surface area contributed by atoms with Gasteiger partial charge in [0.15, 0.2) is 0 Å². The Labute approximate surface area is 103 Å². The topological polar surface area (TPSA) is 72.1 Å². The van der Waals surface area contributed by atoms with Crippen LogP contribution >= 0.6 is 23.1 Å². The molecule has 0 aliphatic heterocycles. The molecule has 0 radical (unpaired) electrons. The van der Waals surface area contributed by atoms with Crippen LogP contribution in [0.2, 0.25) is 0 Å². The maximum atomic E-state index is 11.9. The average Bonchev–Trinajstić information content (AvgIpc) is 2.70. The fourth-order valence-electron chi connectivity index (χ4n) is 1.15. The van der Waals surface area contributed by atoms with Crippen LogP contribution in [0, 0.1) is 0 Å². The maximum absolute atomic E-state index is 11.9. The predicted molar refractivity (Wildman–Crippen MR) is 68.9 cm³/mol. The summed E-state index contributed by atoms with van der Waals surface area (Å²) in [5, 5.41) is 8.07. The summed E-state index contributed by atoms with van der Waals surface area (Å²) < 4.78 is 0. The van der Waals surface area contributed by atoms with Crippen molar-refractivity contribution in [3.8, 4) is 0 Å². The van der Waals surface area contributed by atoms with E-state index in [1.807, 2.05) is 6.92 Å². The third kappa shape index (κ3) is 3.34. The van der Waals surface area contributed by atoms with E-state index < -0.39 is 0 Å². The largest absolute Gasteiger partial charge is 0.374 e. The monoisotopic (exact) mass is 260 g/mol. The van der Waals surface area contributed by atoms with E-state index >= 15 is 0 Å². The standard InChI is InChI=1S/C9H16N4OS2/c1-6(4-5-15-3)13(2)8(14)7-11-12-9(10)16-7/h6H,4-5H2,1-3H3,(H2,10,12). The molecule has 5 nitrogen and oxygen atoms in total. The minimum absolute atomic E-state index is 0.109. The van der Waals surface area contributed by atoms with Gasteiger partial charge in [-0.1, -0.05) is 11.3 Å². The molecule has 1 atom stereocenters. The predicted octanol–water partition coefficient (Wildman–Crippen LogP) is 1.33. The van der Waals surface area contributed by atoms with E-state index in [0.29, 0.717) is 10.1 Å². The van der Waals surface area contributed by atoms with E-state index in [4.69, 9.17) is 5.73 Å². The van der Waals surface area contributed by atoms with E-state index in [-0.39, 0.29) is 11.9 Å². The van der Waals surface area contributed by atoms with Gasteiger partial charge in [0.05, 0.1) is 0 Å². The van der Waals surface area contributed by atoms with Crippen LogP contribution < -0.4 is 5.73 Å². The maximum Gasteiger partial charge on any atom is 0.284 e. The Kier molecular flexibility index (Phi) is 5.01. The molecular weight excluding hydrogens is 244 g/mol. The summed E-state index contributed by atoms with van der Waals surface area (Å²) in [5.74, 6) is 0.930. The quantitative estimate of drug-likeness (QED) is 0.865. The van der Waals surface area contributed by atoms with Gasteiger partial charge in [-0.15, -0.1) is 10.2 Å². The molecule has 1 unspecified atom stereocenters. The minimum atomic E-state index is -0.109. The first-order valence-corrected chi connectivity index (χ1v) is 7.12. The lowest BCUT2D eigenvalue weighted by molar-refractivity contribution is 0.0740. The number of carbonyl (C=O) groups excluding carboxylic acids is 1. The molecule has 0 aromatic carbocycles. The molecule has 1 amide bonds. The molecule has 0 bridgehead atoms. The molecule has 0 spiro atoms. The van der Waals surface area contributed by atoms with Gasteiger partial charge in [0, 0.05) is 13.1 Å². The van der Waals surface area contributed by atoms with E-state index in [9.17, 15) is 4.79 Å². The van der Waals surface area contributed by atoms with Crippen LogP contribution in [0.3, 0.4) is 0 Å². The van der Waals surface area contributed by atoms with E-state index in [1.54, 1.807) is 23.7 Å².